The molecule has 1 saturated carbocycles. The van der Waals surface area contributed by atoms with E-state index in [4.69, 9.17) is 5.73 Å². The summed E-state index contributed by atoms with van der Waals surface area (Å²) in [7, 11) is 0. The van der Waals surface area contributed by atoms with Gasteiger partial charge in [0.2, 0.25) is 0 Å². The van der Waals surface area contributed by atoms with Gasteiger partial charge in [-0.3, -0.25) is 4.79 Å². The SMILES string of the molecule is CC(=O)[C@H]1CCCC[C@H]1N. The molecule has 0 radical (unpaired) electrons. The maximum absolute atomic E-state index is 10.9. The molecule has 2 nitrogen and oxygen atoms in total. The van der Waals surface area contributed by atoms with Gasteiger partial charge in [0.1, 0.15) is 5.78 Å². The zero-order valence-electron chi connectivity index (χ0n) is 6.47. The fraction of sp³-hybridized carbons (Fsp3) is 0.875. The monoisotopic (exact) mass is 141 g/mol. The van der Waals surface area contributed by atoms with E-state index in [-0.39, 0.29) is 17.7 Å². The fourth-order valence-corrected chi connectivity index (χ4v) is 1.66. The van der Waals surface area contributed by atoms with E-state index in [1.165, 1.54) is 12.8 Å². The summed E-state index contributed by atoms with van der Waals surface area (Å²) in [5.41, 5.74) is 5.76. The molecule has 0 saturated heterocycles. The van der Waals surface area contributed by atoms with Gasteiger partial charge in [-0.2, -0.15) is 0 Å². The summed E-state index contributed by atoms with van der Waals surface area (Å²) >= 11 is 0. The summed E-state index contributed by atoms with van der Waals surface area (Å²) in [5.74, 6) is 0.431. The number of hydrogen-bond donors (Lipinski definition) is 1. The van der Waals surface area contributed by atoms with E-state index < -0.39 is 0 Å². The third-order valence-electron chi connectivity index (χ3n) is 2.34. The molecule has 0 bridgehead atoms. The smallest absolute Gasteiger partial charge is 0.134 e. The van der Waals surface area contributed by atoms with Crippen LogP contribution in [0.15, 0.2) is 0 Å². The number of ketones is 1. The molecule has 0 unspecified atom stereocenters. The van der Waals surface area contributed by atoms with Crippen LogP contribution >= 0.6 is 0 Å². The lowest BCUT2D eigenvalue weighted by atomic mass is 9.83. The van der Waals surface area contributed by atoms with E-state index in [9.17, 15) is 4.79 Å². The van der Waals surface area contributed by atoms with Crippen LogP contribution in [-0.4, -0.2) is 11.8 Å². The van der Waals surface area contributed by atoms with Crippen molar-refractivity contribution in [2.75, 3.05) is 0 Å². The highest BCUT2D eigenvalue weighted by Gasteiger charge is 2.24. The Labute approximate surface area is 61.8 Å². The Kier molecular flexibility index (Phi) is 2.44. The second kappa shape index (κ2) is 3.15. The van der Waals surface area contributed by atoms with Crippen molar-refractivity contribution in [3.63, 3.8) is 0 Å². The van der Waals surface area contributed by atoms with Crippen molar-refractivity contribution in [3.05, 3.63) is 0 Å². The number of hydrogen-bond acceptors (Lipinski definition) is 2. The highest BCUT2D eigenvalue weighted by Crippen LogP contribution is 2.23. The first kappa shape index (κ1) is 7.73. The molecule has 0 aliphatic heterocycles. The van der Waals surface area contributed by atoms with Gasteiger partial charge in [0.05, 0.1) is 0 Å². The molecule has 2 heteroatoms. The lowest BCUT2D eigenvalue weighted by molar-refractivity contribution is -0.122. The molecular formula is C8H15NO. The van der Waals surface area contributed by atoms with Crippen molar-refractivity contribution in [1.82, 2.24) is 0 Å². The number of Topliss-reactive ketones (excluding diaryl/α,β-unsaturated/α-hetero) is 1. The zero-order valence-corrected chi connectivity index (χ0v) is 6.47. The summed E-state index contributed by atoms with van der Waals surface area (Å²) in [5, 5.41) is 0. The van der Waals surface area contributed by atoms with Crippen LogP contribution in [-0.2, 0) is 4.79 Å². The topological polar surface area (TPSA) is 43.1 Å². The predicted molar refractivity (Wildman–Crippen MR) is 40.6 cm³/mol. The first-order chi connectivity index (χ1) is 4.72. The van der Waals surface area contributed by atoms with Crippen molar-refractivity contribution >= 4 is 5.78 Å². The standard InChI is InChI=1S/C8H15NO/c1-6(10)7-4-2-3-5-8(7)9/h7-8H,2-5,9H2,1H3/t7-,8-/m1/s1. The number of carbonyl (C=O) groups is 1. The van der Waals surface area contributed by atoms with Gasteiger partial charge in [0.25, 0.3) is 0 Å². The molecule has 0 aromatic rings. The molecule has 0 aromatic carbocycles. The Morgan fingerprint density at radius 3 is 2.40 bits per heavy atom. The highest BCUT2D eigenvalue weighted by molar-refractivity contribution is 5.79. The van der Waals surface area contributed by atoms with Crippen molar-refractivity contribution < 1.29 is 4.79 Å². The van der Waals surface area contributed by atoms with E-state index in [1.54, 1.807) is 6.92 Å². The van der Waals surface area contributed by atoms with E-state index in [0.717, 1.165) is 12.8 Å². The first-order valence-electron chi connectivity index (χ1n) is 3.98. The van der Waals surface area contributed by atoms with Crippen LogP contribution in [0.2, 0.25) is 0 Å². The van der Waals surface area contributed by atoms with Gasteiger partial charge in [-0.25, -0.2) is 0 Å². The molecule has 58 valence electrons. The maximum atomic E-state index is 10.9. The molecule has 2 N–H and O–H groups in total. The Morgan fingerprint density at radius 2 is 2.00 bits per heavy atom. The maximum Gasteiger partial charge on any atom is 0.134 e. The Balaban J connectivity index is 2.47. The van der Waals surface area contributed by atoms with Gasteiger partial charge in [-0.15, -0.1) is 0 Å². The van der Waals surface area contributed by atoms with Crippen LogP contribution in [0.1, 0.15) is 32.6 Å². The zero-order chi connectivity index (χ0) is 7.56. The fourth-order valence-electron chi connectivity index (χ4n) is 1.66. The molecule has 0 amide bonds. The van der Waals surface area contributed by atoms with Gasteiger partial charge in [0.15, 0.2) is 0 Å². The van der Waals surface area contributed by atoms with E-state index >= 15 is 0 Å². The molecular weight excluding hydrogens is 126 g/mol. The summed E-state index contributed by atoms with van der Waals surface area (Å²) < 4.78 is 0. The summed E-state index contributed by atoms with van der Waals surface area (Å²) in [6, 6.07) is 0.145. The third kappa shape index (κ3) is 1.57. The quantitative estimate of drug-likeness (QED) is 0.594. The number of rotatable bonds is 1. The average molecular weight is 141 g/mol. The summed E-state index contributed by atoms with van der Waals surface area (Å²) in [6.45, 7) is 1.65. The van der Waals surface area contributed by atoms with Gasteiger partial charge < -0.3 is 5.73 Å². The molecule has 1 aliphatic rings. The minimum atomic E-state index is 0.145. The van der Waals surface area contributed by atoms with Crippen LogP contribution in [0.4, 0.5) is 0 Å². The summed E-state index contributed by atoms with van der Waals surface area (Å²) in [6.07, 6.45) is 4.42. The van der Waals surface area contributed by atoms with Crippen molar-refractivity contribution in [1.29, 1.82) is 0 Å². The Bertz CT molecular complexity index is 133. The Morgan fingerprint density at radius 1 is 1.40 bits per heavy atom. The van der Waals surface area contributed by atoms with Gasteiger partial charge >= 0.3 is 0 Å². The van der Waals surface area contributed by atoms with Crippen molar-refractivity contribution in [3.8, 4) is 0 Å². The molecule has 1 rings (SSSR count). The van der Waals surface area contributed by atoms with Gasteiger partial charge in [0, 0.05) is 12.0 Å². The van der Waals surface area contributed by atoms with Crippen LogP contribution in [0, 0.1) is 5.92 Å². The van der Waals surface area contributed by atoms with Crippen LogP contribution in [0.5, 0.6) is 0 Å². The molecule has 0 spiro atoms. The lowest BCUT2D eigenvalue weighted by Crippen LogP contribution is -2.36. The van der Waals surface area contributed by atoms with Crippen molar-refractivity contribution in [2.24, 2.45) is 11.7 Å². The predicted octanol–water partition coefficient (Wildman–Crippen LogP) is 1.09. The molecule has 1 fully saturated rings. The molecule has 0 aromatic heterocycles. The first-order valence-corrected chi connectivity index (χ1v) is 3.98. The largest absolute Gasteiger partial charge is 0.327 e. The van der Waals surface area contributed by atoms with Crippen LogP contribution in [0.25, 0.3) is 0 Å². The molecule has 1 aliphatic carbocycles. The van der Waals surface area contributed by atoms with E-state index in [0.29, 0.717) is 0 Å². The molecule has 10 heavy (non-hydrogen) atoms. The third-order valence-corrected chi connectivity index (χ3v) is 2.34. The van der Waals surface area contributed by atoms with Crippen LogP contribution in [0.3, 0.4) is 0 Å². The number of carbonyl (C=O) groups excluding carboxylic acids is 1. The minimum Gasteiger partial charge on any atom is -0.327 e. The minimum absolute atomic E-state index is 0.145. The number of nitrogens with two attached hydrogens (primary N) is 1. The lowest BCUT2D eigenvalue weighted by Gasteiger charge is -2.25. The Hall–Kier alpha value is -0.370. The van der Waals surface area contributed by atoms with E-state index in [1.807, 2.05) is 0 Å². The second-order valence-corrected chi connectivity index (χ2v) is 3.17. The normalized spacial score (nSPS) is 33.8. The van der Waals surface area contributed by atoms with Gasteiger partial charge in [-0.1, -0.05) is 12.8 Å². The molecule has 2 atom stereocenters. The highest BCUT2D eigenvalue weighted by atomic mass is 16.1. The van der Waals surface area contributed by atoms with Gasteiger partial charge in [-0.05, 0) is 19.8 Å². The van der Waals surface area contributed by atoms with Crippen LogP contribution < -0.4 is 5.73 Å². The second-order valence-electron chi connectivity index (χ2n) is 3.17. The van der Waals surface area contributed by atoms with E-state index in [2.05, 4.69) is 0 Å². The molecule has 0 heterocycles. The summed E-state index contributed by atoms with van der Waals surface area (Å²) in [4.78, 5) is 10.9. The van der Waals surface area contributed by atoms with Crippen molar-refractivity contribution in [2.45, 2.75) is 38.6 Å². The average Bonchev–Trinajstić information content (AvgIpc) is 1.88.